The van der Waals surface area contributed by atoms with Crippen LogP contribution < -0.4 is 4.74 Å². The van der Waals surface area contributed by atoms with Crippen LogP contribution in [0.5, 0.6) is 5.75 Å². The van der Waals surface area contributed by atoms with Crippen molar-refractivity contribution in [3.63, 3.8) is 0 Å². The molecule has 0 aliphatic heterocycles. The van der Waals surface area contributed by atoms with Gasteiger partial charge in [0.1, 0.15) is 12.4 Å². The zero-order valence-corrected chi connectivity index (χ0v) is 13.0. The predicted molar refractivity (Wildman–Crippen MR) is 86.9 cm³/mol. The van der Waals surface area contributed by atoms with E-state index >= 15 is 0 Å². The van der Waals surface area contributed by atoms with Crippen LogP contribution >= 0.6 is 23.2 Å². The minimum atomic E-state index is -0.522. The van der Waals surface area contributed by atoms with Crippen molar-refractivity contribution in [2.45, 2.75) is 13.5 Å². The molecule has 4 heteroatoms. The summed E-state index contributed by atoms with van der Waals surface area (Å²) in [5.74, 6) is 0.603. The van der Waals surface area contributed by atoms with Crippen LogP contribution in [0.2, 0.25) is 5.02 Å². The monoisotopic (exact) mass is 320 g/mol. The molecule has 0 aliphatic rings. The van der Waals surface area contributed by atoms with Crippen molar-refractivity contribution in [1.82, 2.24) is 0 Å². The van der Waals surface area contributed by atoms with Gasteiger partial charge in [-0.25, -0.2) is 0 Å². The minimum Gasteiger partial charge on any atom is -0.487 e. The van der Waals surface area contributed by atoms with Gasteiger partial charge in [-0.1, -0.05) is 53.6 Å². The molecule has 2 aromatic rings. The Balaban J connectivity index is 2.04. The Morgan fingerprint density at radius 2 is 1.90 bits per heavy atom. The number of hydrogen-bond acceptors (Lipinski definition) is 2. The summed E-state index contributed by atoms with van der Waals surface area (Å²) in [5, 5.41) is -0.0305. The smallest absolute Gasteiger partial charge is 0.245 e. The zero-order valence-electron chi connectivity index (χ0n) is 11.5. The molecule has 0 bridgehead atoms. The topological polar surface area (TPSA) is 26.3 Å². The molecule has 2 nitrogen and oxygen atoms in total. The molecule has 0 fully saturated rings. The third-order valence-electron chi connectivity index (χ3n) is 2.88. The second-order valence-corrected chi connectivity index (χ2v) is 5.38. The summed E-state index contributed by atoms with van der Waals surface area (Å²) in [7, 11) is 0. The molecule has 0 radical (unpaired) electrons. The zero-order chi connectivity index (χ0) is 15.2. The van der Waals surface area contributed by atoms with Gasteiger partial charge in [0, 0.05) is 0 Å². The molecular weight excluding hydrogens is 307 g/mol. The molecule has 0 heterocycles. The van der Waals surface area contributed by atoms with Crippen LogP contribution in [0.25, 0.3) is 6.08 Å². The van der Waals surface area contributed by atoms with Gasteiger partial charge < -0.3 is 4.74 Å². The Morgan fingerprint density at radius 3 is 2.52 bits per heavy atom. The molecule has 108 valence electrons. The number of halogens is 2. The number of carbonyl (C=O) groups is 1. The van der Waals surface area contributed by atoms with Gasteiger partial charge in [0.25, 0.3) is 0 Å². The lowest BCUT2D eigenvalue weighted by molar-refractivity contribution is -0.107. The number of benzene rings is 2. The summed E-state index contributed by atoms with van der Waals surface area (Å²) in [4.78, 5) is 10.7. The van der Waals surface area contributed by atoms with E-state index < -0.39 is 5.24 Å². The lowest BCUT2D eigenvalue weighted by Crippen LogP contribution is -1.96. The average Bonchev–Trinajstić information content (AvgIpc) is 2.46. The largest absolute Gasteiger partial charge is 0.487 e. The summed E-state index contributed by atoms with van der Waals surface area (Å²) in [6.07, 6.45) is 2.88. The van der Waals surface area contributed by atoms with E-state index in [2.05, 4.69) is 0 Å². The van der Waals surface area contributed by atoms with E-state index in [9.17, 15) is 4.79 Å². The van der Waals surface area contributed by atoms with Crippen molar-refractivity contribution in [2.75, 3.05) is 0 Å². The molecular formula is C17H14Cl2O2. The first-order valence-corrected chi connectivity index (χ1v) is 7.15. The van der Waals surface area contributed by atoms with Gasteiger partial charge in [-0.05, 0) is 47.9 Å². The van der Waals surface area contributed by atoms with E-state index in [0.29, 0.717) is 17.4 Å². The summed E-state index contributed by atoms with van der Waals surface area (Å²) >= 11 is 11.4. The van der Waals surface area contributed by atoms with Crippen LogP contribution in [-0.2, 0) is 11.4 Å². The standard InChI is InChI=1S/C17H14Cl2O2/c1-12-2-4-14(5-3-12)11-21-16-8-6-13(10-15(16)18)7-9-17(19)20/h2-10H,11H2,1H3/b9-7+. The van der Waals surface area contributed by atoms with E-state index in [1.807, 2.05) is 37.3 Å². The maximum absolute atomic E-state index is 10.7. The average molecular weight is 321 g/mol. The SMILES string of the molecule is Cc1ccc(COc2ccc(/C=C/C(=O)Cl)cc2Cl)cc1. The Morgan fingerprint density at radius 1 is 1.19 bits per heavy atom. The number of rotatable bonds is 5. The van der Waals surface area contributed by atoms with Crippen LogP contribution in [0.3, 0.4) is 0 Å². The van der Waals surface area contributed by atoms with Crippen LogP contribution in [0.1, 0.15) is 16.7 Å². The maximum Gasteiger partial charge on any atom is 0.245 e. The van der Waals surface area contributed by atoms with Crippen LogP contribution in [-0.4, -0.2) is 5.24 Å². The highest BCUT2D eigenvalue weighted by atomic mass is 35.5. The lowest BCUT2D eigenvalue weighted by Gasteiger charge is -2.09. The number of hydrogen-bond donors (Lipinski definition) is 0. The molecule has 0 atom stereocenters. The highest BCUT2D eigenvalue weighted by molar-refractivity contribution is 6.66. The van der Waals surface area contributed by atoms with Gasteiger partial charge in [-0.2, -0.15) is 0 Å². The molecule has 0 saturated heterocycles. The predicted octanol–water partition coefficient (Wildman–Crippen LogP) is 5.01. The Hall–Kier alpha value is -1.77. The Bertz CT molecular complexity index is 661. The van der Waals surface area contributed by atoms with Gasteiger partial charge in [-0.15, -0.1) is 0 Å². The Labute approximate surface area is 134 Å². The van der Waals surface area contributed by atoms with E-state index in [1.165, 1.54) is 11.6 Å². The van der Waals surface area contributed by atoms with Crippen molar-refractivity contribution < 1.29 is 9.53 Å². The molecule has 0 spiro atoms. The Kier molecular flexibility index (Phi) is 5.43. The minimum absolute atomic E-state index is 0.454. The molecule has 0 saturated carbocycles. The van der Waals surface area contributed by atoms with E-state index in [4.69, 9.17) is 27.9 Å². The highest BCUT2D eigenvalue weighted by Gasteiger charge is 2.03. The van der Waals surface area contributed by atoms with Gasteiger partial charge >= 0.3 is 0 Å². The fourth-order valence-corrected chi connectivity index (χ4v) is 2.05. The first-order valence-electron chi connectivity index (χ1n) is 6.40. The fourth-order valence-electron chi connectivity index (χ4n) is 1.74. The van der Waals surface area contributed by atoms with Crippen molar-refractivity contribution in [3.8, 4) is 5.75 Å². The molecule has 0 N–H and O–H groups in total. The molecule has 2 aromatic carbocycles. The summed E-state index contributed by atoms with van der Waals surface area (Å²) in [6.45, 7) is 2.49. The first-order chi connectivity index (χ1) is 10.0. The van der Waals surface area contributed by atoms with Crippen molar-refractivity contribution >= 4 is 34.5 Å². The second-order valence-electron chi connectivity index (χ2n) is 4.60. The van der Waals surface area contributed by atoms with Crippen molar-refractivity contribution in [2.24, 2.45) is 0 Å². The quantitative estimate of drug-likeness (QED) is 0.572. The van der Waals surface area contributed by atoms with Gasteiger partial charge in [-0.3, -0.25) is 4.79 Å². The third kappa shape index (κ3) is 4.92. The van der Waals surface area contributed by atoms with Gasteiger partial charge in [0.05, 0.1) is 5.02 Å². The third-order valence-corrected chi connectivity index (χ3v) is 3.30. The normalized spacial score (nSPS) is 10.8. The summed E-state index contributed by atoms with van der Waals surface area (Å²) in [5.41, 5.74) is 3.08. The number of allylic oxidation sites excluding steroid dienone is 1. The van der Waals surface area contributed by atoms with Crippen LogP contribution in [0.15, 0.2) is 48.5 Å². The molecule has 0 amide bonds. The van der Waals surface area contributed by atoms with Crippen molar-refractivity contribution in [3.05, 3.63) is 70.3 Å². The molecule has 0 aromatic heterocycles. The maximum atomic E-state index is 10.7. The lowest BCUT2D eigenvalue weighted by atomic mass is 10.1. The summed E-state index contributed by atoms with van der Waals surface area (Å²) in [6, 6.07) is 13.4. The van der Waals surface area contributed by atoms with E-state index in [-0.39, 0.29) is 0 Å². The van der Waals surface area contributed by atoms with E-state index in [0.717, 1.165) is 11.1 Å². The summed E-state index contributed by atoms with van der Waals surface area (Å²) < 4.78 is 5.69. The first kappa shape index (κ1) is 15.6. The fraction of sp³-hybridized carbons (Fsp3) is 0.118. The highest BCUT2D eigenvalue weighted by Crippen LogP contribution is 2.26. The van der Waals surface area contributed by atoms with Crippen molar-refractivity contribution in [1.29, 1.82) is 0 Å². The second kappa shape index (κ2) is 7.30. The number of ether oxygens (including phenoxy) is 1. The van der Waals surface area contributed by atoms with Crippen LogP contribution in [0, 0.1) is 6.92 Å². The van der Waals surface area contributed by atoms with Gasteiger partial charge in [0.15, 0.2) is 0 Å². The van der Waals surface area contributed by atoms with E-state index in [1.54, 1.807) is 18.2 Å². The molecule has 0 aliphatic carbocycles. The molecule has 2 rings (SSSR count). The number of carbonyl (C=O) groups excluding carboxylic acids is 1. The molecule has 21 heavy (non-hydrogen) atoms. The van der Waals surface area contributed by atoms with Crippen LogP contribution in [0.4, 0.5) is 0 Å². The molecule has 0 unspecified atom stereocenters. The van der Waals surface area contributed by atoms with Gasteiger partial charge in [0.2, 0.25) is 5.24 Å². The number of aryl methyl sites for hydroxylation is 1.